The lowest BCUT2D eigenvalue weighted by Crippen LogP contribution is -2.44. The Morgan fingerprint density at radius 1 is 1.19 bits per heavy atom. The number of hydrogen-bond acceptors (Lipinski definition) is 5. The maximum absolute atomic E-state index is 5.40. The number of fused-ring (bicyclic) bond motifs is 1. The van der Waals surface area contributed by atoms with Gasteiger partial charge in [0, 0.05) is 37.4 Å². The third-order valence-electron chi connectivity index (χ3n) is 3.17. The summed E-state index contributed by atoms with van der Waals surface area (Å²) < 4.78 is 5.40. The molecule has 16 heavy (non-hydrogen) atoms. The lowest BCUT2D eigenvalue weighted by molar-refractivity contribution is 0.133. The van der Waals surface area contributed by atoms with Crippen LogP contribution in [-0.4, -0.2) is 36.1 Å². The van der Waals surface area contributed by atoms with Crippen molar-refractivity contribution in [3.63, 3.8) is 0 Å². The van der Waals surface area contributed by atoms with E-state index in [1.807, 2.05) is 6.92 Å². The van der Waals surface area contributed by atoms with Gasteiger partial charge in [-0.25, -0.2) is 9.97 Å². The van der Waals surface area contributed by atoms with E-state index in [1.54, 1.807) is 0 Å². The fourth-order valence-electron chi connectivity index (χ4n) is 2.20. The zero-order valence-corrected chi connectivity index (χ0v) is 9.49. The van der Waals surface area contributed by atoms with Gasteiger partial charge in [-0.1, -0.05) is 0 Å². The van der Waals surface area contributed by atoms with Crippen LogP contribution in [0.2, 0.25) is 0 Å². The highest BCUT2D eigenvalue weighted by molar-refractivity contribution is 5.38. The average molecular weight is 220 g/mol. The van der Waals surface area contributed by atoms with E-state index < -0.39 is 0 Å². The van der Waals surface area contributed by atoms with Crippen LogP contribution in [0.4, 0.5) is 5.95 Å². The molecule has 0 atom stereocenters. The third kappa shape index (κ3) is 1.66. The van der Waals surface area contributed by atoms with Crippen molar-refractivity contribution in [2.75, 3.05) is 31.1 Å². The number of hydrogen-bond donors (Lipinski definition) is 1. The largest absolute Gasteiger partial charge is 0.370 e. The maximum atomic E-state index is 5.40. The Balaban J connectivity index is 1.92. The molecular weight excluding hydrogens is 204 g/mol. The van der Waals surface area contributed by atoms with E-state index in [1.165, 1.54) is 5.56 Å². The molecule has 1 aromatic rings. The van der Waals surface area contributed by atoms with Gasteiger partial charge in [-0.2, -0.15) is 0 Å². The standard InChI is InChI=1S/C11H16N4O/c1-8-9-6-16-7-10(9)14-11(13-8)15-4-2-12-3-5-15/h12H,2-7H2,1H3. The van der Waals surface area contributed by atoms with Crippen molar-refractivity contribution in [1.82, 2.24) is 15.3 Å². The predicted molar refractivity (Wildman–Crippen MR) is 60.3 cm³/mol. The first-order chi connectivity index (χ1) is 7.84. The van der Waals surface area contributed by atoms with Gasteiger partial charge in [-0.05, 0) is 6.92 Å². The number of nitrogens with one attached hydrogen (secondary N) is 1. The number of aryl methyl sites for hydroxylation is 1. The summed E-state index contributed by atoms with van der Waals surface area (Å²) in [4.78, 5) is 11.4. The van der Waals surface area contributed by atoms with Crippen LogP contribution in [0.1, 0.15) is 17.0 Å². The highest BCUT2D eigenvalue weighted by Gasteiger charge is 2.20. The molecule has 2 aliphatic rings. The molecule has 86 valence electrons. The second-order valence-corrected chi connectivity index (χ2v) is 4.26. The number of rotatable bonds is 1. The summed E-state index contributed by atoms with van der Waals surface area (Å²) in [6, 6.07) is 0. The summed E-state index contributed by atoms with van der Waals surface area (Å²) >= 11 is 0. The monoisotopic (exact) mass is 220 g/mol. The topological polar surface area (TPSA) is 50.3 Å². The molecule has 0 aromatic carbocycles. The van der Waals surface area contributed by atoms with Crippen LogP contribution in [0.15, 0.2) is 0 Å². The lowest BCUT2D eigenvalue weighted by Gasteiger charge is -2.27. The Labute approximate surface area is 94.8 Å². The molecule has 0 aliphatic carbocycles. The number of aromatic nitrogens is 2. The summed E-state index contributed by atoms with van der Waals surface area (Å²) in [5.74, 6) is 0.864. The van der Waals surface area contributed by atoms with Gasteiger partial charge in [0.25, 0.3) is 0 Å². The smallest absolute Gasteiger partial charge is 0.225 e. The molecule has 0 spiro atoms. The van der Waals surface area contributed by atoms with Crippen LogP contribution < -0.4 is 10.2 Å². The zero-order chi connectivity index (χ0) is 11.0. The number of anilines is 1. The van der Waals surface area contributed by atoms with Gasteiger partial charge in [-0.3, -0.25) is 0 Å². The lowest BCUT2D eigenvalue weighted by atomic mass is 10.2. The fourth-order valence-corrected chi connectivity index (χ4v) is 2.20. The first-order valence-electron chi connectivity index (χ1n) is 5.74. The molecule has 0 amide bonds. The molecule has 3 heterocycles. The van der Waals surface area contributed by atoms with Crippen LogP contribution in [0.25, 0.3) is 0 Å². The SMILES string of the molecule is Cc1nc(N2CCNCC2)nc2c1COC2. The van der Waals surface area contributed by atoms with Gasteiger partial charge in [0.1, 0.15) is 0 Å². The minimum Gasteiger partial charge on any atom is -0.370 e. The molecule has 0 radical (unpaired) electrons. The number of nitrogens with zero attached hydrogens (tertiary/aromatic N) is 3. The molecule has 1 aromatic heterocycles. The number of ether oxygens (including phenoxy) is 1. The van der Waals surface area contributed by atoms with Crippen LogP contribution in [0, 0.1) is 6.92 Å². The van der Waals surface area contributed by atoms with Crippen LogP contribution >= 0.6 is 0 Å². The minimum absolute atomic E-state index is 0.637. The Morgan fingerprint density at radius 2 is 2.00 bits per heavy atom. The van der Waals surface area contributed by atoms with Gasteiger partial charge in [0.15, 0.2) is 0 Å². The van der Waals surface area contributed by atoms with E-state index in [0.717, 1.165) is 43.5 Å². The molecule has 3 rings (SSSR count). The first kappa shape index (κ1) is 9.99. The Hall–Kier alpha value is -1.20. The fraction of sp³-hybridized carbons (Fsp3) is 0.636. The molecule has 5 heteroatoms. The zero-order valence-electron chi connectivity index (χ0n) is 9.49. The highest BCUT2D eigenvalue weighted by Crippen LogP contribution is 2.22. The van der Waals surface area contributed by atoms with Crippen LogP contribution in [0.3, 0.4) is 0 Å². The van der Waals surface area contributed by atoms with Crippen molar-refractivity contribution < 1.29 is 4.74 Å². The van der Waals surface area contributed by atoms with Crippen LogP contribution in [0.5, 0.6) is 0 Å². The molecule has 0 bridgehead atoms. The minimum atomic E-state index is 0.637. The Morgan fingerprint density at radius 3 is 2.81 bits per heavy atom. The summed E-state index contributed by atoms with van der Waals surface area (Å²) in [6.07, 6.45) is 0. The molecule has 0 saturated carbocycles. The molecule has 0 unspecified atom stereocenters. The van der Waals surface area contributed by atoms with E-state index in [2.05, 4.69) is 20.2 Å². The summed E-state index contributed by atoms with van der Waals surface area (Å²) in [6.45, 7) is 7.34. The molecule has 1 saturated heterocycles. The summed E-state index contributed by atoms with van der Waals surface area (Å²) in [5, 5.41) is 3.33. The van der Waals surface area contributed by atoms with E-state index in [-0.39, 0.29) is 0 Å². The Bertz CT molecular complexity index is 401. The Kier molecular flexibility index (Phi) is 2.49. The molecule has 1 N–H and O–H groups in total. The average Bonchev–Trinajstić information content (AvgIpc) is 2.79. The second-order valence-electron chi connectivity index (χ2n) is 4.26. The van der Waals surface area contributed by atoms with Gasteiger partial charge in [0.05, 0.1) is 18.9 Å². The molecular formula is C11H16N4O. The van der Waals surface area contributed by atoms with Crippen molar-refractivity contribution in [2.45, 2.75) is 20.1 Å². The van der Waals surface area contributed by atoms with Gasteiger partial charge >= 0.3 is 0 Å². The third-order valence-corrected chi connectivity index (χ3v) is 3.17. The van der Waals surface area contributed by atoms with Crippen LogP contribution in [-0.2, 0) is 18.0 Å². The second kappa shape index (κ2) is 3.99. The molecule has 1 fully saturated rings. The van der Waals surface area contributed by atoms with Crippen molar-refractivity contribution in [3.8, 4) is 0 Å². The maximum Gasteiger partial charge on any atom is 0.225 e. The van der Waals surface area contributed by atoms with Crippen molar-refractivity contribution in [2.24, 2.45) is 0 Å². The van der Waals surface area contributed by atoms with E-state index in [9.17, 15) is 0 Å². The van der Waals surface area contributed by atoms with Gasteiger partial charge in [-0.15, -0.1) is 0 Å². The van der Waals surface area contributed by atoms with E-state index >= 15 is 0 Å². The quantitative estimate of drug-likeness (QED) is 0.734. The normalized spacial score (nSPS) is 19.9. The molecule has 5 nitrogen and oxygen atoms in total. The number of piperazine rings is 1. The summed E-state index contributed by atoms with van der Waals surface area (Å²) in [7, 11) is 0. The van der Waals surface area contributed by atoms with Crippen molar-refractivity contribution >= 4 is 5.95 Å². The van der Waals surface area contributed by atoms with E-state index in [4.69, 9.17) is 4.74 Å². The predicted octanol–water partition coefficient (Wildman–Crippen LogP) is 0.225. The first-order valence-corrected chi connectivity index (χ1v) is 5.74. The molecule has 2 aliphatic heterocycles. The van der Waals surface area contributed by atoms with Gasteiger partial charge in [0.2, 0.25) is 5.95 Å². The van der Waals surface area contributed by atoms with Gasteiger partial charge < -0.3 is 15.0 Å². The van der Waals surface area contributed by atoms with Crippen molar-refractivity contribution in [3.05, 3.63) is 17.0 Å². The van der Waals surface area contributed by atoms with Crippen molar-refractivity contribution in [1.29, 1.82) is 0 Å². The summed E-state index contributed by atoms with van der Waals surface area (Å²) in [5.41, 5.74) is 3.32. The van der Waals surface area contributed by atoms with E-state index in [0.29, 0.717) is 13.2 Å². The highest BCUT2D eigenvalue weighted by atomic mass is 16.5.